The first-order valence-electron chi connectivity index (χ1n) is 11.3. The number of carboxylic acids is 1. The Kier molecular flexibility index (Phi) is 7.70. The first kappa shape index (κ1) is 25.7. The molecule has 0 spiro atoms. The normalized spacial score (nSPS) is 19.8. The van der Waals surface area contributed by atoms with Crippen molar-refractivity contribution < 1.29 is 28.2 Å². The minimum Gasteiger partial charge on any atom is -0.475 e. The maximum absolute atomic E-state index is 10.6. The van der Waals surface area contributed by atoms with Crippen molar-refractivity contribution in [2.24, 2.45) is 0 Å². The predicted molar refractivity (Wildman–Crippen MR) is 124 cm³/mol. The van der Waals surface area contributed by atoms with Crippen LogP contribution in [0.4, 0.5) is 30.6 Å². The fourth-order valence-electron chi connectivity index (χ4n) is 4.72. The standard InChI is InChI=1S/C22H30N4O.C2HF3O2/c1-13-11-14(2)20(15(3)12-13)24-22-23-16(4)19-9-10-26(21(19)25-22)17-5-7-18(27)8-6-17;3-2(4,5)1(6)7/h11-12,17-18,27H,5-10H2,1-4H3,(H,23,24,25);(H,6,7). The first-order valence-corrected chi connectivity index (χ1v) is 11.3. The number of aliphatic hydroxyl groups is 1. The molecule has 0 bridgehead atoms. The molecule has 0 amide bonds. The second-order valence-corrected chi connectivity index (χ2v) is 9.04. The van der Waals surface area contributed by atoms with E-state index >= 15 is 0 Å². The number of aliphatic carboxylic acids is 1. The van der Waals surface area contributed by atoms with E-state index in [2.05, 4.69) is 50.0 Å². The highest BCUT2D eigenvalue weighted by Crippen LogP contribution is 2.35. The highest BCUT2D eigenvalue weighted by molar-refractivity contribution is 5.73. The summed E-state index contributed by atoms with van der Waals surface area (Å²) in [5.74, 6) is -0.981. The third-order valence-electron chi connectivity index (χ3n) is 6.33. The molecule has 0 atom stereocenters. The molecular weight excluding hydrogens is 449 g/mol. The molecule has 0 radical (unpaired) electrons. The Morgan fingerprint density at radius 3 is 2.15 bits per heavy atom. The molecule has 2 heterocycles. The van der Waals surface area contributed by atoms with Crippen LogP contribution in [0.3, 0.4) is 0 Å². The monoisotopic (exact) mass is 480 g/mol. The van der Waals surface area contributed by atoms with Gasteiger partial charge in [-0.1, -0.05) is 17.7 Å². The fraction of sp³-hybridized carbons (Fsp3) is 0.542. The molecule has 0 unspecified atom stereocenters. The fourth-order valence-corrected chi connectivity index (χ4v) is 4.72. The number of halogens is 3. The number of anilines is 3. The molecule has 1 aliphatic heterocycles. The summed E-state index contributed by atoms with van der Waals surface area (Å²) in [5.41, 5.74) is 7.16. The Balaban J connectivity index is 0.000000406. The molecule has 2 aromatic rings. The summed E-state index contributed by atoms with van der Waals surface area (Å²) in [4.78, 5) is 21.0. The van der Waals surface area contributed by atoms with Gasteiger partial charge in [-0.3, -0.25) is 0 Å². The predicted octanol–water partition coefficient (Wildman–Crippen LogP) is 4.75. The van der Waals surface area contributed by atoms with E-state index in [0.29, 0.717) is 12.0 Å². The molecule has 10 heteroatoms. The second-order valence-electron chi connectivity index (χ2n) is 9.04. The zero-order chi connectivity index (χ0) is 25.2. The van der Waals surface area contributed by atoms with E-state index in [9.17, 15) is 18.3 Å². The molecule has 1 aromatic heterocycles. The summed E-state index contributed by atoms with van der Waals surface area (Å²) in [6, 6.07) is 4.87. The first-order chi connectivity index (χ1) is 15.9. The quantitative estimate of drug-likeness (QED) is 0.583. The van der Waals surface area contributed by atoms with Gasteiger partial charge in [-0.05, 0) is 70.9 Å². The number of carboxylic acid groups (broad SMARTS) is 1. The lowest BCUT2D eigenvalue weighted by Gasteiger charge is -2.34. The molecule has 186 valence electrons. The summed E-state index contributed by atoms with van der Waals surface area (Å²) < 4.78 is 31.7. The van der Waals surface area contributed by atoms with Gasteiger partial charge in [0.05, 0.1) is 6.10 Å². The van der Waals surface area contributed by atoms with E-state index in [1.165, 1.54) is 22.3 Å². The van der Waals surface area contributed by atoms with Crippen LogP contribution >= 0.6 is 0 Å². The Morgan fingerprint density at radius 2 is 1.62 bits per heavy atom. The van der Waals surface area contributed by atoms with Crippen molar-refractivity contribution >= 4 is 23.4 Å². The smallest absolute Gasteiger partial charge is 0.475 e. The Bertz CT molecular complexity index is 1030. The van der Waals surface area contributed by atoms with Gasteiger partial charge in [0.2, 0.25) is 5.95 Å². The molecule has 1 aliphatic carbocycles. The van der Waals surface area contributed by atoms with Gasteiger partial charge in [0.25, 0.3) is 0 Å². The summed E-state index contributed by atoms with van der Waals surface area (Å²) in [5, 5.41) is 20.4. The highest BCUT2D eigenvalue weighted by Gasteiger charge is 2.38. The number of aliphatic hydroxyl groups excluding tert-OH is 1. The molecule has 2 aliphatic rings. The molecule has 1 saturated carbocycles. The van der Waals surface area contributed by atoms with Crippen LogP contribution in [0, 0.1) is 27.7 Å². The van der Waals surface area contributed by atoms with Crippen LogP contribution in [-0.2, 0) is 11.2 Å². The van der Waals surface area contributed by atoms with Gasteiger partial charge in [-0.25, -0.2) is 9.78 Å². The van der Waals surface area contributed by atoms with Crippen molar-refractivity contribution in [1.82, 2.24) is 9.97 Å². The van der Waals surface area contributed by atoms with E-state index in [4.69, 9.17) is 19.9 Å². The minimum absolute atomic E-state index is 0.125. The molecule has 1 fully saturated rings. The lowest BCUT2D eigenvalue weighted by Crippen LogP contribution is -2.38. The van der Waals surface area contributed by atoms with E-state index in [-0.39, 0.29) is 6.10 Å². The number of nitrogens with one attached hydrogen (secondary N) is 1. The number of fused-ring (bicyclic) bond motifs is 1. The lowest BCUT2D eigenvalue weighted by molar-refractivity contribution is -0.192. The number of rotatable bonds is 3. The molecular formula is C24H31F3N4O3. The van der Waals surface area contributed by atoms with Crippen molar-refractivity contribution in [3.63, 3.8) is 0 Å². The Labute approximate surface area is 197 Å². The van der Waals surface area contributed by atoms with Crippen molar-refractivity contribution in [3.05, 3.63) is 40.1 Å². The summed E-state index contributed by atoms with van der Waals surface area (Å²) in [6.45, 7) is 9.48. The van der Waals surface area contributed by atoms with E-state index < -0.39 is 12.1 Å². The largest absolute Gasteiger partial charge is 0.490 e. The van der Waals surface area contributed by atoms with Gasteiger partial charge in [0, 0.05) is 29.5 Å². The van der Waals surface area contributed by atoms with Crippen LogP contribution in [0.15, 0.2) is 12.1 Å². The number of benzene rings is 1. The number of aromatic nitrogens is 2. The average molecular weight is 481 g/mol. The lowest BCUT2D eigenvalue weighted by atomic mass is 9.92. The van der Waals surface area contributed by atoms with Crippen LogP contribution in [0.5, 0.6) is 0 Å². The molecule has 7 nitrogen and oxygen atoms in total. The second kappa shape index (κ2) is 10.2. The summed E-state index contributed by atoms with van der Waals surface area (Å²) in [6.07, 6.45) is -0.310. The third-order valence-corrected chi connectivity index (χ3v) is 6.33. The summed E-state index contributed by atoms with van der Waals surface area (Å²) in [7, 11) is 0. The number of alkyl halides is 3. The van der Waals surface area contributed by atoms with Crippen LogP contribution < -0.4 is 10.2 Å². The average Bonchev–Trinajstić information content (AvgIpc) is 3.15. The number of nitrogens with zero attached hydrogens (tertiary/aromatic N) is 3. The van der Waals surface area contributed by atoms with Crippen molar-refractivity contribution in [2.45, 2.75) is 78.1 Å². The Hall–Kier alpha value is -2.88. The van der Waals surface area contributed by atoms with Gasteiger partial charge < -0.3 is 20.4 Å². The number of hydrogen-bond donors (Lipinski definition) is 3. The number of aryl methyl sites for hydroxylation is 4. The zero-order valence-corrected chi connectivity index (χ0v) is 19.8. The van der Waals surface area contributed by atoms with E-state index in [0.717, 1.165) is 55.8 Å². The zero-order valence-electron chi connectivity index (χ0n) is 19.8. The Morgan fingerprint density at radius 1 is 1.06 bits per heavy atom. The molecule has 3 N–H and O–H groups in total. The van der Waals surface area contributed by atoms with Gasteiger partial charge in [-0.15, -0.1) is 0 Å². The number of hydrogen-bond acceptors (Lipinski definition) is 6. The van der Waals surface area contributed by atoms with E-state index in [1.54, 1.807) is 0 Å². The minimum atomic E-state index is -5.08. The van der Waals surface area contributed by atoms with Gasteiger partial charge in [0.15, 0.2) is 0 Å². The van der Waals surface area contributed by atoms with Crippen molar-refractivity contribution in [3.8, 4) is 0 Å². The number of carbonyl (C=O) groups is 1. The van der Waals surface area contributed by atoms with E-state index in [1.807, 2.05) is 0 Å². The SMILES string of the molecule is Cc1cc(C)c(Nc2nc(C)c3c(n2)N(C2CCC(O)CC2)CC3)c(C)c1.O=C(O)C(F)(F)F. The van der Waals surface area contributed by atoms with Crippen LogP contribution in [0.2, 0.25) is 0 Å². The molecule has 0 saturated heterocycles. The van der Waals surface area contributed by atoms with Gasteiger partial charge in [0.1, 0.15) is 5.82 Å². The van der Waals surface area contributed by atoms with Crippen LogP contribution in [0.1, 0.15) is 53.6 Å². The van der Waals surface area contributed by atoms with Gasteiger partial charge >= 0.3 is 12.1 Å². The molecule has 4 rings (SSSR count). The molecule has 34 heavy (non-hydrogen) atoms. The maximum Gasteiger partial charge on any atom is 0.490 e. The summed E-state index contributed by atoms with van der Waals surface area (Å²) >= 11 is 0. The maximum atomic E-state index is 10.6. The third kappa shape index (κ3) is 5.97. The topological polar surface area (TPSA) is 98.6 Å². The highest BCUT2D eigenvalue weighted by atomic mass is 19.4. The van der Waals surface area contributed by atoms with Crippen molar-refractivity contribution in [2.75, 3.05) is 16.8 Å². The van der Waals surface area contributed by atoms with Crippen LogP contribution in [0.25, 0.3) is 0 Å². The van der Waals surface area contributed by atoms with Crippen LogP contribution in [-0.4, -0.2) is 51.0 Å². The van der Waals surface area contributed by atoms with Gasteiger partial charge in [-0.2, -0.15) is 18.2 Å². The molecule has 1 aromatic carbocycles. The van der Waals surface area contributed by atoms with Crippen molar-refractivity contribution in [1.29, 1.82) is 0 Å².